The molecule has 0 amide bonds. The zero-order valence-corrected chi connectivity index (χ0v) is 18.4. The molecule has 0 aromatic carbocycles. The molecule has 0 saturated heterocycles. The lowest BCUT2D eigenvalue weighted by Gasteiger charge is -2.09. The van der Waals surface area contributed by atoms with E-state index in [0.29, 0.717) is 0 Å². The molecule has 0 bridgehead atoms. The zero-order chi connectivity index (χ0) is 17.9. The monoisotopic (exact) mass is 378 g/mol. The average Bonchev–Trinajstić information content (AvgIpc) is 3.20. The van der Waals surface area contributed by atoms with Crippen LogP contribution in [-0.4, -0.2) is 0 Å². The van der Waals surface area contributed by atoms with Crippen LogP contribution in [0.4, 0.5) is 0 Å². The van der Waals surface area contributed by atoms with Crippen LogP contribution < -0.4 is 0 Å². The summed E-state index contributed by atoms with van der Waals surface area (Å²) in [6.45, 7) is 7.03. The van der Waals surface area contributed by atoms with E-state index >= 15 is 0 Å². The normalized spacial score (nSPS) is 12.9. The largest absolute Gasteiger partial charge is 0.142 e. The van der Waals surface area contributed by atoms with Gasteiger partial charge in [0.2, 0.25) is 0 Å². The predicted molar refractivity (Wildman–Crippen MR) is 119 cm³/mol. The minimum Gasteiger partial charge on any atom is -0.142 e. The van der Waals surface area contributed by atoms with Crippen LogP contribution in [0.15, 0.2) is 10.8 Å². The summed E-state index contributed by atoms with van der Waals surface area (Å²) in [5.74, 6) is 0.732. The molecule has 25 heavy (non-hydrogen) atoms. The molecule has 0 aliphatic heterocycles. The molecule has 2 heteroatoms. The number of thiophene rings is 2. The maximum Gasteiger partial charge on any atom is 0.0488 e. The Morgan fingerprint density at radius 3 is 2.04 bits per heavy atom. The minimum atomic E-state index is 0.732. The number of aryl methyl sites for hydroxylation is 1. The molecule has 2 aromatic rings. The van der Waals surface area contributed by atoms with Crippen molar-refractivity contribution >= 4 is 32.1 Å². The average molecular weight is 379 g/mol. The van der Waals surface area contributed by atoms with Gasteiger partial charge in [0.25, 0.3) is 0 Å². The highest BCUT2D eigenvalue weighted by Gasteiger charge is 2.15. The molecule has 2 aromatic heterocycles. The summed E-state index contributed by atoms with van der Waals surface area (Å²) in [4.78, 5) is 0. The Morgan fingerprint density at radius 2 is 1.32 bits per heavy atom. The van der Waals surface area contributed by atoms with Crippen LogP contribution in [0.25, 0.3) is 9.40 Å². The second kappa shape index (κ2) is 12.1. The highest BCUT2D eigenvalue weighted by molar-refractivity contribution is 7.26. The van der Waals surface area contributed by atoms with E-state index in [1.807, 2.05) is 22.7 Å². The van der Waals surface area contributed by atoms with Gasteiger partial charge in [-0.3, -0.25) is 0 Å². The van der Waals surface area contributed by atoms with Crippen molar-refractivity contribution in [3.8, 4) is 0 Å². The number of hydrogen-bond donors (Lipinski definition) is 0. The fraction of sp³-hybridized carbons (Fsp3) is 0.739. The molecule has 0 aliphatic carbocycles. The predicted octanol–water partition coefficient (Wildman–Crippen LogP) is 9.33. The van der Waals surface area contributed by atoms with E-state index in [0.717, 1.165) is 5.92 Å². The molecule has 2 rings (SSSR count). The molecule has 1 atom stereocenters. The Morgan fingerprint density at radius 1 is 0.720 bits per heavy atom. The topological polar surface area (TPSA) is 0 Å². The van der Waals surface area contributed by atoms with Gasteiger partial charge >= 0.3 is 0 Å². The summed E-state index contributed by atoms with van der Waals surface area (Å²) >= 11 is 4.01. The van der Waals surface area contributed by atoms with Gasteiger partial charge in [-0.15, -0.1) is 22.7 Å². The smallest absolute Gasteiger partial charge is 0.0488 e. The van der Waals surface area contributed by atoms with Gasteiger partial charge in [0.15, 0.2) is 0 Å². The van der Waals surface area contributed by atoms with Crippen LogP contribution in [0.1, 0.15) is 115 Å². The quantitative estimate of drug-likeness (QED) is 0.287. The van der Waals surface area contributed by atoms with Crippen molar-refractivity contribution in [1.29, 1.82) is 0 Å². The molecular formula is C23H38S2. The highest BCUT2D eigenvalue weighted by Crippen LogP contribution is 2.40. The van der Waals surface area contributed by atoms with Crippen molar-refractivity contribution in [3.05, 3.63) is 21.9 Å². The van der Waals surface area contributed by atoms with Crippen LogP contribution in [0.2, 0.25) is 0 Å². The molecular weight excluding hydrogens is 340 g/mol. The maximum absolute atomic E-state index is 2.46. The van der Waals surface area contributed by atoms with Crippen molar-refractivity contribution in [2.24, 2.45) is 0 Å². The van der Waals surface area contributed by atoms with Gasteiger partial charge < -0.3 is 0 Å². The first-order chi connectivity index (χ1) is 12.3. The molecule has 0 N–H and O–H groups in total. The van der Waals surface area contributed by atoms with Crippen molar-refractivity contribution < 1.29 is 0 Å². The summed E-state index contributed by atoms with van der Waals surface area (Å²) in [7, 11) is 0. The summed E-state index contributed by atoms with van der Waals surface area (Å²) in [5.41, 5.74) is 3.26. The second-order valence-corrected chi connectivity index (χ2v) is 9.49. The van der Waals surface area contributed by atoms with Gasteiger partial charge in [0.05, 0.1) is 0 Å². The van der Waals surface area contributed by atoms with E-state index in [1.165, 1.54) is 83.5 Å². The Hall–Kier alpha value is -0.340. The van der Waals surface area contributed by atoms with Gasteiger partial charge in [-0.05, 0) is 47.1 Å². The van der Waals surface area contributed by atoms with Crippen LogP contribution in [0, 0.1) is 0 Å². The Balaban J connectivity index is 1.80. The molecule has 1 unspecified atom stereocenters. The first-order valence-corrected chi connectivity index (χ1v) is 12.5. The van der Waals surface area contributed by atoms with Crippen LogP contribution in [0.3, 0.4) is 0 Å². The summed E-state index contributed by atoms with van der Waals surface area (Å²) in [5, 5.41) is 4.91. The molecule has 0 fully saturated rings. The van der Waals surface area contributed by atoms with E-state index in [2.05, 4.69) is 31.5 Å². The molecule has 0 spiro atoms. The molecule has 2 heterocycles. The summed E-state index contributed by atoms with van der Waals surface area (Å²) < 4.78 is 3.21. The Kier molecular flexibility index (Phi) is 10.2. The van der Waals surface area contributed by atoms with E-state index in [4.69, 9.17) is 0 Å². The summed E-state index contributed by atoms with van der Waals surface area (Å²) in [6, 6.07) is 0. The van der Waals surface area contributed by atoms with Crippen molar-refractivity contribution in [3.63, 3.8) is 0 Å². The Labute approximate surface area is 164 Å². The third-order valence-corrected chi connectivity index (χ3v) is 7.74. The Bertz CT molecular complexity index is 578. The van der Waals surface area contributed by atoms with Crippen LogP contribution in [-0.2, 0) is 6.42 Å². The number of fused-ring (bicyclic) bond motifs is 1. The number of rotatable bonds is 14. The lowest BCUT2D eigenvalue weighted by atomic mass is 9.96. The van der Waals surface area contributed by atoms with Crippen molar-refractivity contribution in [1.82, 2.24) is 0 Å². The lowest BCUT2D eigenvalue weighted by Crippen LogP contribution is -1.91. The molecule has 0 aliphatic rings. The SMILES string of the molecule is CCCCCCCCc1csc2c(C(C)CCCCCCC)csc12. The zero-order valence-electron chi connectivity index (χ0n) is 16.7. The number of unbranched alkanes of at least 4 members (excludes halogenated alkanes) is 9. The summed E-state index contributed by atoms with van der Waals surface area (Å²) in [6.07, 6.45) is 18.0. The van der Waals surface area contributed by atoms with Crippen molar-refractivity contribution in [2.45, 2.75) is 110 Å². The van der Waals surface area contributed by atoms with E-state index < -0.39 is 0 Å². The van der Waals surface area contributed by atoms with Crippen LogP contribution in [0.5, 0.6) is 0 Å². The molecule has 0 radical (unpaired) electrons. The fourth-order valence-corrected chi connectivity index (χ4v) is 6.41. The molecule has 142 valence electrons. The second-order valence-electron chi connectivity index (χ2n) is 7.73. The van der Waals surface area contributed by atoms with E-state index in [9.17, 15) is 0 Å². The third kappa shape index (κ3) is 6.71. The molecule has 0 nitrogen and oxygen atoms in total. The third-order valence-electron chi connectivity index (χ3n) is 5.45. The fourth-order valence-electron chi connectivity index (χ4n) is 3.70. The first-order valence-electron chi connectivity index (χ1n) is 10.7. The van der Waals surface area contributed by atoms with Crippen molar-refractivity contribution in [2.75, 3.05) is 0 Å². The van der Waals surface area contributed by atoms with Gasteiger partial charge in [-0.2, -0.15) is 0 Å². The van der Waals surface area contributed by atoms with E-state index in [1.54, 1.807) is 20.5 Å². The van der Waals surface area contributed by atoms with Gasteiger partial charge in [-0.1, -0.05) is 85.0 Å². The lowest BCUT2D eigenvalue weighted by molar-refractivity contribution is 0.569. The van der Waals surface area contributed by atoms with Crippen LogP contribution >= 0.6 is 22.7 Å². The van der Waals surface area contributed by atoms with Gasteiger partial charge in [-0.25, -0.2) is 0 Å². The highest BCUT2D eigenvalue weighted by atomic mass is 32.1. The molecule has 0 saturated carbocycles. The number of hydrogen-bond acceptors (Lipinski definition) is 2. The van der Waals surface area contributed by atoms with Gasteiger partial charge in [0, 0.05) is 9.40 Å². The minimum absolute atomic E-state index is 0.732. The maximum atomic E-state index is 2.46. The van der Waals surface area contributed by atoms with Gasteiger partial charge in [0.1, 0.15) is 0 Å². The standard InChI is InChI=1S/C23H38S2/c1-4-6-8-10-12-14-16-20-17-24-23-21(18-25-22(20)23)19(3)15-13-11-9-7-5-2/h17-19H,4-16H2,1-3H3. The van der Waals surface area contributed by atoms with E-state index in [-0.39, 0.29) is 0 Å². The first kappa shape index (κ1) is 21.0.